The summed E-state index contributed by atoms with van der Waals surface area (Å²) in [5.74, 6) is 2.05. The molecule has 0 fully saturated rings. The minimum atomic E-state index is -0.102. The summed E-state index contributed by atoms with van der Waals surface area (Å²) < 4.78 is 16.1. The molecule has 0 N–H and O–H groups in total. The number of carbonyl (C=O) groups is 1. The molecule has 2 aromatic carbocycles. The molecule has 0 heterocycles. The number of methoxy groups -OCH3 is 2. The smallest absolute Gasteiger partial charge is 0.246 e. The van der Waals surface area contributed by atoms with Crippen LogP contribution in [0, 0.1) is 0 Å². The molecule has 0 bridgehead atoms. The van der Waals surface area contributed by atoms with Gasteiger partial charge in [0.2, 0.25) is 5.91 Å². The zero-order valence-electron chi connectivity index (χ0n) is 14.8. The predicted molar refractivity (Wildman–Crippen MR) is 98.2 cm³/mol. The fraction of sp³-hybridized carbons (Fsp3) is 0.250. The molecule has 0 spiro atoms. The molecule has 0 radical (unpaired) electrons. The van der Waals surface area contributed by atoms with Crippen LogP contribution in [-0.4, -0.2) is 45.2 Å². The van der Waals surface area contributed by atoms with Crippen molar-refractivity contribution in [3.8, 4) is 17.2 Å². The SMILES string of the molecule is COc1ccc(/C=C/C(=O)N(C)CCOc2ccccc2)c(OC)c1. The van der Waals surface area contributed by atoms with Crippen molar-refractivity contribution in [2.24, 2.45) is 0 Å². The Morgan fingerprint density at radius 2 is 1.80 bits per heavy atom. The van der Waals surface area contributed by atoms with Crippen molar-refractivity contribution >= 4 is 12.0 Å². The van der Waals surface area contributed by atoms with E-state index in [9.17, 15) is 4.79 Å². The van der Waals surface area contributed by atoms with E-state index in [4.69, 9.17) is 14.2 Å². The monoisotopic (exact) mass is 341 g/mol. The van der Waals surface area contributed by atoms with Gasteiger partial charge in [0.25, 0.3) is 0 Å². The zero-order chi connectivity index (χ0) is 18.1. The van der Waals surface area contributed by atoms with Crippen molar-refractivity contribution in [2.45, 2.75) is 0 Å². The van der Waals surface area contributed by atoms with Gasteiger partial charge >= 0.3 is 0 Å². The summed E-state index contributed by atoms with van der Waals surface area (Å²) in [5, 5.41) is 0. The highest BCUT2D eigenvalue weighted by Crippen LogP contribution is 2.25. The van der Waals surface area contributed by atoms with Gasteiger partial charge in [0, 0.05) is 24.8 Å². The Kier molecular flexibility index (Phi) is 6.89. The van der Waals surface area contributed by atoms with E-state index in [1.54, 1.807) is 38.3 Å². The summed E-state index contributed by atoms with van der Waals surface area (Å²) in [4.78, 5) is 13.8. The molecular weight excluding hydrogens is 318 g/mol. The summed E-state index contributed by atoms with van der Waals surface area (Å²) in [6.07, 6.45) is 3.25. The lowest BCUT2D eigenvalue weighted by molar-refractivity contribution is -0.125. The molecule has 0 aromatic heterocycles. The number of benzene rings is 2. The minimum Gasteiger partial charge on any atom is -0.497 e. The van der Waals surface area contributed by atoms with Crippen molar-refractivity contribution in [3.63, 3.8) is 0 Å². The van der Waals surface area contributed by atoms with Crippen molar-refractivity contribution in [1.29, 1.82) is 0 Å². The van der Waals surface area contributed by atoms with Gasteiger partial charge in [-0.15, -0.1) is 0 Å². The normalized spacial score (nSPS) is 10.5. The van der Waals surface area contributed by atoms with Gasteiger partial charge in [0.05, 0.1) is 20.8 Å². The first-order valence-corrected chi connectivity index (χ1v) is 7.97. The highest BCUT2D eigenvalue weighted by molar-refractivity contribution is 5.92. The topological polar surface area (TPSA) is 48.0 Å². The van der Waals surface area contributed by atoms with E-state index in [1.807, 2.05) is 42.5 Å². The Balaban J connectivity index is 1.88. The number of hydrogen-bond donors (Lipinski definition) is 0. The van der Waals surface area contributed by atoms with Gasteiger partial charge in [0.1, 0.15) is 23.9 Å². The third-order valence-electron chi connectivity index (χ3n) is 3.66. The van der Waals surface area contributed by atoms with Gasteiger partial charge in [-0.3, -0.25) is 4.79 Å². The molecule has 2 aromatic rings. The van der Waals surface area contributed by atoms with Crippen LogP contribution < -0.4 is 14.2 Å². The number of carbonyl (C=O) groups excluding carboxylic acids is 1. The van der Waals surface area contributed by atoms with Crippen molar-refractivity contribution in [3.05, 3.63) is 60.2 Å². The number of para-hydroxylation sites is 1. The number of nitrogens with zero attached hydrogens (tertiary/aromatic N) is 1. The van der Waals surface area contributed by atoms with Crippen molar-refractivity contribution in [2.75, 3.05) is 34.4 Å². The average Bonchev–Trinajstić information content (AvgIpc) is 2.66. The number of amides is 1. The Morgan fingerprint density at radius 3 is 2.48 bits per heavy atom. The first-order chi connectivity index (χ1) is 12.1. The van der Waals surface area contributed by atoms with E-state index in [1.165, 1.54) is 6.08 Å². The maximum atomic E-state index is 12.2. The van der Waals surface area contributed by atoms with Crippen LogP contribution in [0.15, 0.2) is 54.6 Å². The molecule has 0 saturated carbocycles. The second kappa shape index (κ2) is 9.37. The van der Waals surface area contributed by atoms with Crippen molar-refractivity contribution < 1.29 is 19.0 Å². The van der Waals surface area contributed by atoms with Crippen LogP contribution in [0.25, 0.3) is 6.08 Å². The summed E-state index contributed by atoms with van der Waals surface area (Å²) in [6, 6.07) is 15.0. The fourth-order valence-corrected chi connectivity index (χ4v) is 2.17. The van der Waals surface area contributed by atoms with Gasteiger partial charge in [-0.25, -0.2) is 0 Å². The molecule has 25 heavy (non-hydrogen) atoms. The quantitative estimate of drug-likeness (QED) is 0.692. The van der Waals surface area contributed by atoms with E-state index in [2.05, 4.69) is 0 Å². The van der Waals surface area contributed by atoms with Gasteiger partial charge in [-0.2, -0.15) is 0 Å². The molecule has 5 heteroatoms. The van der Waals surface area contributed by atoms with Crippen molar-refractivity contribution in [1.82, 2.24) is 4.90 Å². The molecule has 0 aliphatic heterocycles. The lowest BCUT2D eigenvalue weighted by Crippen LogP contribution is -2.29. The third-order valence-corrected chi connectivity index (χ3v) is 3.66. The van der Waals surface area contributed by atoms with E-state index < -0.39 is 0 Å². The summed E-state index contributed by atoms with van der Waals surface area (Å²) in [6.45, 7) is 0.934. The van der Waals surface area contributed by atoms with E-state index in [0.29, 0.717) is 24.7 Å². The molecule has 0 aliphatic carbocycles. The Bertz CT molecular complexity index is 713. The predicted octanol–water partition coefficient (Wildman–Crippen LogP) is 3.25. The second-order valence-electron chi connectivity index (χ2n) is 5.36. The molecule has 0 atom stereocenters. The van der Waals surface area contributed by atoms with Crippen LogP contribution in [0.4, 0.5) is 0 Å². The summed E-state index contributed by atoms with van der Waals surface area (Å²) in [7, 11) is 4.92. The molecule has 0 unspecified atom stereocenters. The number of likely N-dealkylation sites (N-methyl/N-ethyl adjacent to an activating group) is 1. The minimum absolute atomic E-state index is 0.102. The van der Waals surface area contributed by atoms with Gasteiger partial charge < -0.3 is 19.1 Å². The van der Waals surface area contributed by atoms with Crippen LogP contribution in [0.5, 0.6) is 17.2 Å². The third kappa shape index (κ3) is 5.57. The Hall–Kier alpha value is -2.95. The summed E-state index contributed by atoms with van der Waals surface area (Å²) in [5.41, 5.74) is 0.811. The first kappa shape index (κ1) is 18.4. The van der Waals surface area contributed by atoms with Gasteiger partial charge in [-0.05, 0) is 30.3 Å². The van der Waals surface area contributed by atoms with Gasteiger partial charge in [0.15, 0.2) is 0 Å². The highest BCUT2D eigenvalue weighted by atomic mass is 16.5. The number of rotatable bonds is 8. The molecule has 0 saturated heterocycles. The Morgan fingerprint density at radius 1 is 1.04 bits per heavy atom. The zero-order valence-corrected chi connectivity index (χ0v) is 14.8. The highest BCUT2D eigenvalue weighted by Gasteiger charge is 2.07. The molecule has 2 rings (SSSR count). The average molecular weight is 341 g/mol. The number of ether oxygens (including phenoxy) is 3. The fourth-order valence-electron chi connectivity index (χ4n) is 2.17. The van der Waals surface area contributed by atoms with Crippen LogP contribution in [-0.2, 0) is 4.79 Å². The first-order valence-electron chi connectivity index (χ1n) is 7.97. The lowest BCUT2D eigenvalue weighted by Gasteiger charge is -2.15. The molecule has 0 aliphatic rings. The van der Waals surface area contributed by atoms with E-state index in [-0.39, 0.29) is 5.91 Å². The molecule has 132 valence electrons. The van der Waals surface area contributed by atoms with Crippen LogP contribution >= 0.6 is 0 Å². The van der Waals surface area contributed by atoms with E-state index >= 15 is 0 Å². The largest absolute Gasteiger partial charge is 0.497 e. The maximum Gasteiger partial charge on any atom is 0.246 e. The van der Waals surface area contributed by atoms with Crippen LogP contribution in [0.2, 0.25) is 0 Å². The Labute approximate surface area is 148 Å². The molecule has 5 nitrogen and oxygen atoms in total. The standard InChI is InChI=1S/C20H23NO4/c1-21(13-14-25-17-7-5-4-6-8-17)20(22)12-10-16-9-11-18(23-2)15-19(16)24-3/h4-12,15H,13-14H2,1-3H3/b12-10+. The van der Waals surface area contributed by atoms with Crippen LogP contribution in [0.3, 0.4) is 0 Å². The van der Waals surface area contributed by atoms with E-state index in [0.717, 1.165) is 11.3 Å². The summed E-state index contributed by atoms with van der Waals surface area (Å²) >= 11 is 0. The second-order valence-corrected chi connectivity index (χ2v) is 5.36. The molecular formula is C20H23NO4. The van der Waals surface area contributed by atoms with Gasteiger partial charge in [-0.1, -0.05) is 18.2 Å². The maximum absolute atomic E-state index is 12.2. The molecule has 1 amide bonds. The lowest BCUT2D eigenvalue weighted by atomic mass is 10.1. The van der Waals surface area contributed by atoms with Crippen LogP contribution in [0.1, 0.15) is 5.56 Å². The number of hydrogen-bond acceptors (Lipinski definition) is 4.